The van der Waals surface area contributed by atoms with E-state index in [1.54, 1.807) is 53.6 Å². The number of rotatable bonds is 5. The summed E-state index contributed by atoms with van der Waals surface area (Å²) in [5.41, 5.74) is -1.63. The smallest absolute Gasteiger partial charge is 0.410 e. The fourth-order valence-electron chi connectivity index (χ4n) is 3.40. The van der Waals surface area contributed by atoms with Crippen LogP contribution in [0.1, 0.15) is 59.9 Å². The van der Waals surface area contributed by atoms with Gasteiger partial charge < -0.3 is 29.7 Å². The largest absolute Gasteiger partial charge is 0.497 e. The van der Waals surface area contributed by atoms with Crippen LogP contribution in [0.4, 0.5) is 9.59 Å². The minimum absolute atomic E-state index is 0.236. The Morgan fingerprint density at radius 3 is 1.97 bits per heavy atom. The van der Waals surface area contributed by atoms with Crippen LogP contribution in [0.5, 0.6) is 5.75 Å². The topological polar surface area (TPSA) is 106 Å². The molecule has 1 aliphatic rings. The van der Waals surface area contributed by atoms with E-state index in [0.717, 1.165) is 11.3 Å². The first-order valence-electron chi connectivity index (χ1n) is 11.1. The molecule has 2 N–H and O–H groups in total. The maximum absolute atomic E-state index is 13.3. The molecule has 0 spiro atoms. The molecule has 0 atom stereocenters. The lowest BCUT2D eigenvalue weighted by molar-refractivity contribution is -0.130. The molecular formula is C24H37N3O6. The molecule has 33 heavy (non-hydrogen) atoms. The molecule has 0 saturated carbocycles. The van der Waals surface area contributed by atoms with Crippen LogP contribution in [0, 0.1) is 0 Å². The summed E-state index contributed by atoms with van der Waals surface area (Å²) in [7, 11) is 1.59. The van der Waals surface area contributed by atoms with Crippen molar-refractivity contribution in [1.29, 1.82) is 0 Å². The number of carbonyl (C=O) groups is 3. The van der Waals surface area contributed by atoms with E-state index in [2.05, 4.69) is 10.6 Å². The van der Waals surface area contributed by atoms with Crippen LogP contribution in [0.3, 0.4) is 0 Å². The number of benzene rings is 1. The van der Waals surface area contributed by atoms with Gasteiger partial charge in [0.05, 0.1) is 7.11 Å². The number of methoxy groups -OCH3 is 1. The highest BCUT2D eigenvalue weighted by atomic mass is 16.6. The van der Waals surface area contributed by atoms with Gasteiger partial charge in [0.15, 0.2) is 0 Å². The molecular weight excluding hydrogens is 426 g/mol. The lowest BCUT2D eigenvalue weighted by atomic mass is 9.86. The first-order valence-corrected chi connectivity index (χ1v) is 11.1. The van der Waals surface area contributed by atoms with E-state index in [4.69, 9.17) is 14.2 Å². The predicted octanol–water partition coefficient (Wildman–Crippen LogP) is 3.61. The van der Waals surface area contributed by atoms with E-state index >= 15 is 0 Å². The van der Waals surface area contributed by atoms with Gasteiger partial charge >= 0.3 is 12.2 Å². The number of carbonyl (C=O) groups excluding carboxylic acids is 3. The van der Waals surface area contributed by atoms with Crippen molar-refractivity contribution in [1.82, 2.24) is 15.5 Å². The first-order chi connectivity index (χ1) is 15.2. The van der Waals surface area contributed by atoms with E-state index in [-0.39, 0.29) is 38.4 Å². The second kappa shape index (κ2) is 10.3. The molecule has 0 aliphatic carbocycles. The molecule has 0 bridgehead atoms. The van der Waals surface area contributed by atoms with Gasteiger partial charge in [0.2, 0.25) is 5.91 Å². The normalized spacial score (nSPS) is 15.9. The molecule has 9 nitrogen and oxygen atoms in total. The fourth-order valence-corrected chi connectivity index (χ4v) is 3.40. The Balaban J connectivity index is 2.11. The number of amides is 3. The summed E-state index contributed by atoms with van der Waals surface area (Å²) in [5.74, 6) is 0.399. The Morgan fingerprint density at radius 2 is 1.48 bits per heavy atom. The van der Waals surface area contributed by atoms with Crippen molar-refractivity contribution in [3.05, 3.63) is 29.8 Å². The number of hydrogen-bond donors (Lipinski definition) is 2. The zero-order valence-electron chi connectivity index (χ0n) is 20.7. The minimum atomic E-state index is -1.20. The summed E-state index contributed by atoms with van der Waals surface area (Å²) < 4.78 is 16.0. The van der Waals surface area contributed by atoms with E-state index in [9.17, 15) is 14.4 Å². The number of hydrogen-bond acceptors (Lipinski definition) is 6. The standard InChI is InChI=1S/C24H37N3O6/c1-22(2,3)32-20(29)26-24(12-14-27(15-13-24)21(30)33-23(4,5)6)19(28)25-16-17-8-10-18(31-7)11-9-17/h8-11H,12-16H2,1-7H3,(H,25,28)(H,26,29). The van der Waals surface area contributed by atoms with E-state index in [0.29, 0.717) is 0 Å². The first kappa shape index (κ1) is 26.3. The molecule has 184 valence electrons. The van der Waals surface area contributed by atoms with Crippen molar-refractivity contribution in [2.45, 2.75) is 77.7 Å². The van der Waals surface area contributed by atoms with Crippen LogP contribution in [0.25, 0.3) is 0 Å². The van der Waals surface area contributed by atoms with Crippen molar-refractivity contribution >= 4 is 18.1 Å². The Bertz CT molecular complexity index is 831. The second-order valence-corrected chi connectivity index (χ2v) is 10.2. The average molecular weight is 464 g/mol. The van der Waals surface area contributed by atoms with E-state index in [1.165, 1.54) is 0 Å². The van der Waals surface area contributed by atoms with Crippen molar-refractivity contribution < 1.29 is 28.6 Å². The highest BCUT2D eigenvalue weighted by Crippen LogP contribution is 2.25. The van der Waals surface area contributed by atoms with Gasteiger partial charge in [-0.1, -0.05) is 12.1 Å². The molecule has 1 saturated heterocycles. The maximum Gasteiger partial charge on any atom is 0.410 e. The Kier molecular flexibility index (Phi) is 8.21. The van der Waals surface area contributed by atoms with Gasteiger partial charge in [-0.05, 0) is 72.1 Å². The number of ether oxygens (including phenoxy) is 3. The average Bonchev–Trinajstić information content (AvgIpc) is 2.70. The van der Waals surface area contributed by atoms with Gasteiger partial charge in [-0.2, -0.15) is 0 Å². The number of nitrogens with zero attached hydrogens (tertiary/aromatic N) is 1. The van der Waals surface area contributed by atoms with E-state index < -0.39 is 28.9 Å². The van der Waals surface area contributed by atoms with Crippen LogP contribution >= 0.6 is 0 Å². The molecule has 9 heteroatoms. The molecule has 0 radical (unpaired) electrons. The van der Waals surface area contributed by atoms with Crippen molar-refractivity contribution in [2.75, 3.05) is 20.2 Å². The van der Waals surface area contributed by atoms with Gasteiger partial charge in [0, 0.05) is 19.6 Å². The van der Waals surface area contributed by atoms with Gasteiger partial charge in [0.1, 0.15) is 22.5 Å². The number of likely N-dealkylation sites (tertiary alicyclic amines) is 1. The summed E-state index contributed by atoms with van der Waals surface area (Å²) in [6.45, 7) is 11.5. The van der Waals surface area contributed by atoms with Gasteiger partial charge in [0.25, 0.3) is 0 Å². The van der Waals surface area contributed by atoms with Crippen LogP contribution in [-0.4, -0.2) is 59.9 Å². The summed E-state index contributed by atoms with van der Waals surface area (Å²) in [5, 5.41) is 5.69. The van der Waals surface area contributed by atoms with Gasteiger partial charge in [-0.15, -0.1) is 0 Å². The Morgan fingerprint density at radius 1 is 0.939 bits per heavy atom. The molecule has 1 aromatic carbocycles. The second-order valence-electron chi connectivity index (χ2n) is 10.2. The third-order valence-electron chi connectivity index (χ3n) is 5.06. The SMILES string of the molecule is COc1ccc(CNC(=O)C2(NC(=O)OC(C)(C)C)CCN(C(=O)OC(C)(C)C)CC2)cc1. The molecule has 3 amide bonds. The molecule has 2 rings (SSSR count). The number of alkyl carbamates (subject to hydrolysis) is 1. The third-order valence-corrected chi connectivity index (χ3v) is 5.06. The molecule has 1 aliphatic heterocycles. The Hall–Kier alpha value is -2.97. The van der Waals surface area contributed by atoms with Crippen molar-refractivity contribution in [3.8, 4) is 5.75 Å². The molecule has 1 fully saturated rings. The lowest BCUT2D eigenvalue weighted by Crippen LogP contribution is -2.64. The van der Waals surface area contributed by atoms with E-state index in [1.807, 2.05) is 24.3 Å². The summed E-state index contributed by atoms with van der Waals surface area (Å²) in [6, 6.07) is 7.35. The summed E-state index contributed by atoms with van der Waals surface area (Å²) in [6.07, 6.45) is -0.639. The van der Waals surface area contributed by atoms with Gasteiger partial charge in [-0.3, -0.25) is 4.79 Å². The predicted molar refractivity (Wildman–Crippen MR) is 124 cm³/mol. The number of piperidine rings is 1. The van der Waals surface area contributed by atoms with Crippen LogP contribution in [0.2, 0.25) is 0 Å². The third kappa shape index (κ3) is 8.14. The summed E-state index contributed by atoms with van der Waals surface area (Å²) in [4.78, 5) is 39.8. The van der Waals surface area contributed by atoms with Crippen LogP contribution in [-0.2, 0) is 20.8 Å². The van der Waals surface area contributed by atoms with Gasteiger partial charge in [-0.25, -0.2) is 9.59 Å². The monoisotopic (exact) mass is 463 g/mol. The lowest BCUT2D eigenvalue weighted by Gasteiger charge is -2.41. The quantitative estimate of drug-likeness (QED) is 0.691. The van der Waals surface area contributed by atoms with Crippen molar-refractivity contribution in [2.24, 2.45) is 0 Å². The maximum atomic E-state index is 13.3. The highest BCUT2D eigenvalue weighted by molar-refractivity contribution is 5.90. The summed E-state index contributed by atoms with van der Waals surface area (Å²) >= 11 is 0. The minimum Gasteiger partial charge on any atom is -0.497 e. The molecule has 0 unspecified atom stereocenters. The number of nitrogens with one attached hydrogen (secondary N) is 2. The van der Waals surface area contributed by atoms with Crippen molar-refractivity contribution in [3.63, 3.8) is 0 Å². The Labute approximate surface area is 196 Å². The van der Waals surface area contributed by atoms with Crippen LogP contribution < -0.4 is 15.4 Å². The highest BCUT2D eigenvalue weighted by Gasteiger charge is 2.45. The zero-order valence-corrected chi connectivity index (χ0v) is 20.7. The van der Waals surface area contributed by atoms with Crippen LogP contribution in [0.15, 0.2) is 24.3 Å². The molecule has 1 heterocycles. The zero-order chi connectivity index (χ0) is 24.9. The fraction of sp³-hybridized carbons (Fsp3) is 0.625. The molecule has 0 aromatic heterocycles. The molecule has 1 aromatic rings.